The van der Waals surface area contributed by atoms with Crippen LogP contribution in [0.5, 0.6) is 0 Å². The zero-order valence-electron chi connectivity index (χ0n) is 12.0. The number of ether oxygens (including phenoxy) is 1. The minimum Gasteiger partial charge on any atom is -0.462 e. The molecular formula is C15H26O3. The highest BCUT2D eigenvalue weighted by molar-refractivity contribution is 6.16. The summed E-state index contributed by atoms with van der Waals surface area (Å²) in [6.07, 6.45) is 8.76. The zero-order chi connectivity index (χ0) is 13.8. The van der Waals surface area contributed by atoms with Gasteiger partial charge in [-0.25, -0.2) is 4.79 Å². The van der Waals surface area contributed by atoms with E-state index in [4.69, 9.17) is 4.74 Å². The fourth-order valence-electron chi connectivity index (χ4n) is 1.59. The molecule has 0 aliphatic rings. The van der Waals surface area contributed by atoms with Gasteiger partial charge in [-0.3, -0.25) is 4.79 Å². The van der Waals surface area contributed by atoms with Gasteiger partial charge in [0.25, 0.3) is 0 Å². The van der Waals surface area contributed by atoms with E-state index in [1.807, 2.05) is 0 Å². The number of esters is 1. The molecule has 18 heavy (non-hydrogen) atoms. The average molecular weight is 254 g/mol. The van der Waals surface area contributed by atoms with Crippen molar-refractivity contribution in [1.29, 1.82) is 0 Å². The molecule has 0 N–H and O–H groups in total. The molecule has 0 amide bonds. The van der Waals surface area contributed by atoms with E-state index in [1.54, 1.807) is 6.08 Å². The zero-order valence-corrected chi connectivity index (χ0v) is 12.0. The molecule has 0 bridgehead atoms. The summed E-state index contributed by atoms with van der Waals surface area (Å²) in [6, 6.07) is 0. The van der Waals surface area contributed by atoms with Crippen LogP contribution in [0.4, 0.5) is 0 Å². The minimum atomic E-state index is -0.463. The van der Waals surface area contributed by atoms with Gasteiger partial charge in [0.2, 0.25) is 0 Å². The van der Waals surface area contributed by atoms with Crippen LogP contribution in [0.25, 0.3) is 0 Å². The monoisotopic (exact) mass is 254 g/mol. The molecule has 0 aliphatic carbocycles. The highest BCUT2D eigenvalue weighted by Gasteiger charge is 2.14. The van der Waals surface area contributed by atoms with Gasteiger partial charge in [-0.2, -0.15) is 0 Å². The first-order valence-electron chi connectivity index (χ1n) is 7.01. The summed E-state index contributed by atoms with van der Waals surface area (Å²) in [4.78, 5) is 23.0. The van der Waals surface area contributed by atoms with E-state index in [0.717, 1.165) is 44.9 Å². The van der Waals surface area contributed by atoms with Gasteiger partial charge < -0.3 is 4.74 Å². The van der Waals surface area contributed by atoms with E-state index < -0.39 is 5.97 Å². The van der Waals surface area contributed by atoms with Gasteiger partial charge in [0.15, 0.2) is 5.78 Å². The summed E-state index contributed by atoms with van der Waals surface area (Å²) in [5.74, 6) is -0.667. The molecule has 0 rings (SSSR count). The number of carbonyl (C=O) groups is 2. The molecule has 104 valence electrons. The number of hydrogen-bond acceptors (Lipinski definition) is 3. The smallest absolute Gasteiger partial charge is 0.341 e. The Labute approximate surface area is 111 Å². The number of rotatable bonds is 10. The van der Waals surface area contributed by atoms with Crippen molar-refractivity contribution in [2.24, 2.45) is 0 Å². The van der Waals surface area contributed by atoms with E-state index in [1.165, 1.54) is 6.92 Å². The third-order valence-electron chi connectivity index (χ3n) is 2.74. The molecule has 3 nitrogen and oxygen atoms in total. The fraction of sp³-hybridized carbons (Fsp3) is 0.733. The molecule has 0 fully saturated rings. The quantitative estimate of drug-likeness (QED) is 0.196. The summed E-state index contributed by atoms with van der Waals surface area (Å²) in [5.41, 5.74) is 0.207. The van der Waals surface area contributed by atoms with Crippen LogP contribution in [0.3, 0.4) is 0 Å². The predicted molar refractivity (Wildman–Crippen MR) is 73.4 cm³/mol. The van der Waals surface area contributed by atoms with Crippen LogP contribution >= 0.6 is 0 Å². The van der Waals surface area contributed by atoms with Crippen molar-refractivity contribution in [2.75, 3.05) is 6.61 Å². The van der Waals surface area contributed by atoms with Crippen molar-refractivity contribution in [3.05, 3.63) is 11.6 Å². The molecule has 0 aliphatic heterocycles. The first-order valence-corrected chi connectivity index (χ1v) is 7.01. The van der Waals surface area contributed by atoms with E-state index >= 15 is 0 Å². The van der Waals surface area contributed by atoms with E-state index in [-0.39, 0.29) is 11.4 Å². The predicted octanol–water partition coefficient (Wildman–Crippen LogP) is 3.82. The average Bonchev–Trinajstić information content (AvgIpc) is 2.33. The molecule has 0 aromatic heterocycles. The molecule has 0 aromatic carbocycles. The molecule has 0 aromatic rings. The maximum absolute atomic E-state index is 11.7. The van der Waals surface area contributed by atoms with E-state index in [2.05, 4.69) is 13.8 Å². The Morgan fingerprint density at radius 1 is 1.00 bits per heavy atom. The number of carbonyl (C=O) groups excluding carboxylic acids is 2. The van der Waals surface area contributed by atoms with Crippen molar-refractivity contribution in [3.63, 3.8) is 0 Å². The van der Waals surface area contributed by atoms with Gasteiger partial charge in [0.1, 0.15) is 0 Å². The van der Waals surface area contributed by atoms with Crippen molar-refractivity contribution >= 4 is 11.8 Å². The largest absolute Gasteiger partial charge is 0.462 e. The lowest BCUT2D eigenvalue weighted by atomic mass is 10.1. The number of unbranched alkanes of at least 4 members (excludes halogenated alkanes) is 5. The van der Waals surface area contributed by atoms with E-state index in [9.17, 15) is 9.59 Å². The Kier molecular flexibility index (Phi) is 10.3. The van der Waals surface area contributed by atoms with E-state index in [0.29, 0.717) is 6.61 Å². The van der Waals surface area contributed by atoms with Gasteiger partial charge in [-0.15, -0.1) is 0 Å². The Morgan fingerprint density at radius 3 is 2.22 bits per heavy atom. The number of hydrogen-bond donors (Lipinski definition) is 0. The number of allylic oxidation sites excluding steroid dienone is 1. The Bertz CT molecular complexity index is 279. The molecule has 0 spiro atoms. The van der Waals surface area contributed by atoms with Crippen LogP contribution in [0, 0.1) is 0 Å². The molecule has 0 saturated heterocycles. The van der Waals surface area contributed by atoms with Gasteiger partial charge in [-0.05, 0) is 19.8 Å². The summed E-state index contributed by atoms with van der Waals surface area (Å²) in [5, 5.41) is 0. The van der Waals surface area contributed by atoms with Crippen molar-refractivity contribution in [2.45, 2.75) is 65.7 Å². The maximum Gasteiger partial charge on any atom is 0.341 e. The van der Waals surface area contributed by atoms with Crippen LogP contribution in [-0.4, -0.2) is 18.4 Å². The van der Waals surface area contributed by atoms with Gasteiger partial charge in [0, 0.05) is 0 Å². The molecule has 0 heterocycles. The highest BCUT2D eigenvalue weighted by Crippen LogP contribution is 2.07. The second-order valence-corrected chi connectivity index (χ2v) is 4.51. The van der Waals surface area contributed by atoms with Gasteiger partial charge >= 0.3 is 5.97 Å². The lowest BCUT2D eigenvalue weighted by Crippen LogP contribution is -2.14. The molecule has 0 saturated carbocycles. The molecule has 3 heteroatoms. The molecule has 0 unspecified atom stereocenters. The van der Waals surface area contributed by atoms with Crippen LogP contribution in [0.2, 0.25) is 0 Å². The topological polar surface area (TPSA) is 43.4 Å². The number of ketones is 1. The first-order chi connectivity index (χ1) is 8.63. The third kappa shape index (κ3) is 8.04. The van der Waals surface area contributed by atoms with Crippen molar-refractivity contribution in [1.82, 2.24) is 0 Å². The van der Waals surface area contributed by atoms with Crippen LogP contribution in [0.1, 0.15) is 65.7 Å². The Hall–Kier alpha value is -1.12. The second-order valence-electron chi connectivity index (χ2n) is 4.51. The number of Topliss-reactive ketones (excluding diaryl/α,β-unsaturated/α-hetero) is 1. The van der Waals surface area contributed by atoms with Crippen LogP contribution in [0.15, 0.2) is 11.6 Å². The lowest BCUT2D eigenvalue weighted by molar-refractivity contribution is -0.140. The molecule has 0 radical (unpaired) electrons. The summed E-state index contributed by atoms with van der Waals surface area (Å²) in [6.45, 7) is 6.04. The summed E-state index contributed by atoms with van der Waals surface area (Å²) < 4.78 is 5.11. The Morgan fingerprint density at radius 2 is 1.67 bits per heavy atom. The standard InChI is InChI=1S/C15H26O3/c1-4-6-8-10-12-18-15(17)14(13(3)16)11-9-7-5-2/h11H,4-10,12H2,1-3H3. The van der Waals surface area contributed by atoms with Gasteiger partial charge in [0.05, 0.1) is 12.2 Å². The highest BCUT2D eigenvalue weighted by atomic mass is 16.5. The lowest BCUT2D eigenvalue weighted by Gasteiger charge is -2.06. The summed E-state index contributed by atoms with van der Waals surface area (Å²) in [7, 11) is 0. The maximum atomic E-state index is 11.7. The minimum absolute atomic E-state index is 0.204. The van der Waals surface area contributed by atoms with Crippen molar-refractivity contribution < 1.29 is 14.3 Å². The normalized spacial score (nSPS) is 11.4. The van der Waals surface area contributed by atoms with Crippen LogP contribution in [-0.2, 0) is 14.3 Å². The summed E-state index contributed by atoms with van der Waals surface area (Å²) >= 11 is 0. The Balaban J connectivity index is 4.07. The van der Waals surface area contributed by atoms with Gasteiger partial charge in [-0.1, -0.05) is 52.0 Å². The van der Waals surface area contributed by atoms with Crippen LogP contribution < -0.4 is 0 Å². The molecular weight excluding hydrogens is 228 g/mol. The molecule has 0 atom stereocenters. The second kappa shape index (κ2) is 11.0. The fourth-order valence-corrected chi connectivity index (χ4v) is 1.59. The first kappa shape index (κ1) is 16.9. The third-order valence-corrected chi connectivity index (χ3v) is 2.74. The SMILES string of the molecule is CCCCC=C(C(C)=O)C(=O)OCCCCCC. The van der Waals surface area contributed by atoms with Crippen molar-refractivity contribution in [3.8, 4) is 0 Å².